The average Bonchev–Trinajstić information content (AvgIpc) is 2.32. The van der Waals surface area contributed by atoms with E-state index in [0.717, 1.165) is 25.1 Å². The van der Waals surface area contributed by atoms with Crippen LogP contribution in [-0.4, -0.2) is 26.7 Å². The third-order valence-electron chi connectivity index (χ3n) is 3.49. The highest BCUT2D eigenvalue weighted by Crippen LogP contribution is 2.29. The normalized spacial score (nSPS) is 12.3. The Kier molecular flexibility index (Phi) is 5.48. The average molecular weight is 250 g/mol. The van der Waals surface area contributed by atoms with Crippen LogP contribution in [0.4, 0.5) is 5.69 Å². The Bertz CT molecular complexity index is 388. The second kappa shape index (κ2) is 6.64. The Balaban J connectivity index is 2.74. The van der Waals surface area contributed by atoms with Crippen LogP contribution in [0, 0.1) is 13.8 Å². The topological polar surface area (TPSA) is 38.5 Å². The summed E-state index contributed by atoms with van der Waals surface area (Å²) in [7, 11) is 3.85. The summed E-state index contributed by atoms with van der Waals surface area (Å²) in [6, 6.07) is 4.46. The minimum atomic E-state index is 0.289. The van der Waals surface area contributed by atoms with Gasteiger partial charge in [-0.15, -0.1) is 0 Å². The summed E-state index contributed by atoms with van der Waals surface area (Å²) in [5.41, 5.74) is 9.56. The molecule has 1 aromatic rings. The molecule has 0 aromatic heterocycles. The highest BCUT2D eigenvalue weighted by atomic mass is 16.5. The van der Waals surface area contributed by atoms with Gasteiger partial charge in [-0.2, -0.15) is 0 Å². The van der Waals surface area contributed by atoms with Gasteiger partial charge >= 0.3 is 0 Å². The molecule has 0 heterocycles. The third-order valence-corrected chi connectivity index (χ3v) is 3.49. The molecule has 0 saturated carbocycles. The number of nitrogens with two attached hydrogens (primary N) is 1. The summed E-state index contributed by atoms with van der Waals surface area (Å²) in [5, 5.41) is 0. The molecule has 3 heteroatoms. The fourth-order valence-electron chi connectivity index (χ4n) is 2.19. The molecule has 0 aliphatic rings. The number of methoxy groups -OCH3 is 1. The van der Waals surface area contributed by atoms with Gasteiger partial charge in [0.25, 0.3) is 0 Å². The van der Waals surface area contributed by atoms with Gasteiger partial charge in [0.2, 0.25) is 0 Å². The van der Waals surface area contributed by atoms with Crippen LogP contribution in [0.25, 0.3) is 0 Å². The molecule has 1 atom stereocenters. The maximum Gasteiger partial charge on any atom is 0.122 e. The number of anilines is 1. The summed E-state index contributed by atoms with van der Waals surface area (Å²) in [6.45, 7) is 7.35. The zero-order valence-electron chi connectivity index (χ0n) is 12.3. The smallest absolute Gasteiger partial charge is 0.122 e. The van der Waals surface area contributed by atoms with E-state index in [1.54, 1.807) is 7.11 Å². The molecule has 1 rings (SSSR count). The predicted molar refractivity (Wildman–Crippen MR) is 78.6 cm³/mol. The fourth-order valence-corrected chi connectivity index (χ4v) is 2.19. The van der Waals surface area contributed by atoms with Gasteiger partial charge in [0, 0.05) is 25.3 Å². The van der Waals surface area contributed by atoms with Crippen molar-refractivity contribution in [2.45, 2.75) is 39.7 Å². The first-order valence-electron chi connectivity index (χ1n) is 6.58. The van der Waals surface area contributed by atoms with Crippen LogP contribution in [0.1, 0.15) is 30.9 Å². The molecule has 0 spiro atoms. The fraction of sp³-hybridized carbons (Fsp3) is 0.600. The molecule has 102 valence electrons. The van der Waals surface area contributed by atoms with E-state index in [9.17, 15) is 0 Å². The molecule has 0 amide bonds. The van der Waals surface area contributed by atoms with E-state index in [0.29, 0.717) is 0 Å². The van der Waals surface area contributed by atoms with E-state index in [-0.39, 0.29) is 6.04 Å². The van der Waals surface area contributed by atoms with Gasteiger partial charge < -0.3 is 15.4 Å². The largest absolute Gasteiger partial charge is 0.496 e. The van der Waals surface area contributed by atoms with Gasteiger partial charge in [-0.05, 0) is 56.9 Å². The SMILES string of the molecule is COc1ccc(N(C)CCCC(C)N)c(C)c1C. The van der Waals surface area contributed by atoms with Crippen LogP contribution in [0.3, 0.4) is 0 Å². The Morgan fingerprint density at radius 2 is 1.94 bits per heavy atom. The Hall–Kier alpha value is -1.22. The molecule has 2 N–H and O–H groups in total. The quantitative estimate of drug-likeness (QED) is 0.843. The first-order valence-corrected chi connectivity index (χ1v) is 6.58. The predicted octanol–water partition coefficient (Wildman–Crippen LogP) is 2.88. The first kappa shape index (κ1) is 14.8. The third kappa shape index (κ3) is 3.64. The summed E-state index contributed by atoms with van der Waals surface area (Å²) in [4.78, 5) is 2.30. The van der Waals surface area contributed by atoms with E-state index in [4.69, 9.17) is 10.5 Å². The summed E-state index contributed by atoms with van der Waals surface area (Å²) < 4.78 is 5.34. The van der Waals surface area contributed by atoms with Crippen molar-refractivity contribution in [2.75, 3.05) is 25.6 Å². The van der Waals surface area contributed by atoms with Crippen molar-refractivity contribution in [3.63, 3.8) is 0 Å². The van der Waals surface area contributed by atoms with Crippen LogP contribution < -0.4 is 15.4 Å². The Morgan fingerprint density at radius 3 is 2.50 bits per heavy atom. The van der Waals surface area contributed by atoms with Crippen molar-refractivity contribution in [1.29, 1.82) is 0 Å². The molecule has 1 unspecified atom stereocenters. The van der Waals surface area contributed by atoms with E-state index < -0.39 is 0 Å². The van der Waals surface area contributed by atoms with Gasteiger partial charge in [-0.25, -0.2) is 0 Å². The number of rotatable bonds is 6. The second-order valence-corrected chi connectivity index (χ2v) is 5.08. The van der Waals surface area contributed by atoms with Gasteiger partial charge in [0.05, 0.1) is 7.11 Å². The van der Waals surface area contributed by atoms with E-state index >= 15 is 0 Å². The summed E-state index contributed by atoms with van der Waals surface area (Å²) in [5.74, 6) is 0.959. The van der Waals surface area contributed by atoms with Crippen molar-refractivity contribution < 1.29 is 4.74 Å². The highest BCUT2D eigenvalue weighted by Gasteiger charge is 2.10. The van der Waals surface area contributed by atoms with Crippen molar-refractivity contribution >= 4 is 5.69 Å². The minimum absolute atomic E-state index is 0.289. The monoisotopic (exact) mass is 250 g/mol. The number of hydrogen-bond donors (Lipinski definition) is 1. The molecule has 0 radical (unpaired) electrons. The number of hydrogen-bond acceptors (Lipinski definition) is 3. The zero-order chi connectivity index (χ0) is 13.7. The van der Waals surface area contributed by atoms with Crippen molar-refractivity contribution in [3.8, 4) is 5.75 Å². The zero-order valence-corrected chi connectivity index (χ0v) is 12.3. The molecule has 0 aliphatic heterocycles. The molecule has 0 fully saturated rings. The second-order valence-electron chi connectivity index (χ2n) is 5.08. The van der Waals surface area contributed by atoms with Gasteiger partial charge in [0.15, 0.2) is 0 Å². The standard InChI is InChI=1S/C15H26N2O/c1-11(16)7-6-10-17(4)14-8-9-15(18-5)13(3)12(14)2/h8-9,11H,6-7,10,16H2,1-5H3. The molecule has 0 aliphatic carbocycles. The van der Waals surface area contributed by atoms with Gasteiger partial charge in [-0.1, -0.05) is 0 Å². The van der Waals surface area contributed by atoms with Gasteiger partial charge in [0.1, 0.15) is 5.75 Å². The number of ether oxygens (including phenoxy) is 1. The van der Waals surface area contributed by atoms with Crippen LogP contribution in [-0.2, 0) is 0 Å². The summed E-state index contributed by atoms with van der Waals surface area (Å²) >= 11 is 0. The maximum atomic E-state index is 5.77. The molecule has 1 aromatic carbocycles. The van der Waals surface area contributed by atoms with Crippen molar-refractivity contribution in [2.24, 2.45) is 5.73 Å². The lowest BCUT2D eigenvalue weighted by molar-refractivity contribution is 0.411. The first-order chi connectivity index (χ1) is 8.47. The molecular formula is C15H26N2O. The lowest BCUT2D eigenvalue weighted by Gasteiger charge is -2.23. The van der Waals surface area contributed by atoms with Crippen LogP contribution >= 0.6 is 0 Å². The molecule has 18 heavy (non-hydrogen) atoms. The van der Waals surface area contributed by atoms with Crippen LogP contribution in [0.15, 0.2) is 12.1 Å². The maximum absolute atomic E-state index is 5.77. The Morgan fingerprint density at radius 1 is 1.28 bits per heavy atom. The van der Waals surface area contributed by atoms with Crippen LogP contribution in [0.5, 0.6) is 5.75 Å². The van der Waals surface area contributed by atoms with Gasteiger partial charge in [-0.3, -0.25) is 0 Å². The lowest BCUT2D eigenvalue weighted by atomic mass is 10.1. The molecule has 0 bridgehead atoms. The van der Waals surface area contributed by atoms with E-state index in [2.05, 4.69) is 38.8 Å². The lowest BCUT2D eigenvalue weighted by Crippen LogP contribution is -2.22. The highest BCUT2D eigenvalue weighted by molar-refractivity contribution is 5.59. The molecule has 3 nitrogen and oxygen atoms in total. The van der Waals surface area contributed by atoms with Crippen molar-refractivity contribution in [3.05, 3.63) is 23.3 Å². The number of nitrogens with zero attached hydrogens (tertiary/aromatic N) is 1. The van der Waals surface area contributed by atoms with Crippen LogP contribution in [0.2, 0.25) is 0 Å². The van der Waals surface area contributed by atoms with Crippen molar-refractivity contribution in [1.82, 2.24) is 0 Å². The minimum Gasteiger partial charge on any atom is -0.496 e. The summed E-state index contributed by atoms with van der Waals surface area (Å²) in [6.07, 6.45) is 2.19. The van der Waals surface area contributed by atoms with E-state index in [1.807, 2.05) is 6.07 Å². The van der Waals surface area contributed by atoms with E-state index in [1.165, 1.54) is 16.8 Å². The number of benzene rings is 1. The molecular weight excluding hydrogens is 224 g/mol. The molecule has 0 saturated heterocycles. The Labute approximate surface area is 111 Å².